The van der Waals surface area contributed by atoms with Gasteiger partial charge in [-0.25, -0.2) is 9.67 Å². The van der Waals surface area contributed by atoms with Gasteiger partial charge in [0.05, 0.1) is 12.2 Å². The summed E-state index contributed by atoms with van der Waals surface area (Å²) in [7, 11) is 0. The van der Waals surface area contributed by atoms with Crippen LogP contribution in [0.1, 0.15) is 32.8 Å². The molecule has 2 aromatic rings. The van der Waals surface area contributed by atoms with E-state index in [4.69, 9.17) is 4.99 Å². The SMILES string of the molecule is CCNC(=NCc1cccc(-n2cccn2)c1)N1CCC(N(CC)CC)C1.I. The second-order valence-corrected chi connectivity index (χ2v) is 6.90. The molecule has 0 bridgehead atoms. The molecular formula is C21H33IN6. The van der Waals surface area contributed by atoms with E-state index in [2.05, 4.69) is 65.3 Å². The van der Waals surface area contributed by atoms with Crippen LogP contribution in [0.4, 0.5) is 0 Å². The molecule has 6 nitrogen and oxygen atoms in total. The maximum atomic E-state index is 4.92. The number of halogens is 1. The molecule has 1 unspecified atom stereocenters. The van der Waals surface area contributed by atoms with Gasteiger partial charge >= 0.3 is 0 Å². The fourth-order valence-corrected chi connectivity index (χ4v) is 3.78. The lowest BCUT2D eigenvalue weighted by Gasteiger charge is -2.27. The Hall–Kier alpha value is -1.61. The highest BCUT2D eigenvalue weighted by Gasteiger charge is 2.27. The third kappa shape index (κ3) is 5.70. The molecule has 0 saturated carbocycles. The lowest BCUT2D eigenvalue weighted by Crippen LogP contribution is -2.43. The minimum absolute atomic E-state index is 0. The van der Waals surface area contributed by atoms with Crippen LogP contribution in [0.2, 0.25) is 0 Å². The zero-order valence-electron chi connectivity index (χ0n) is 17.2. The van der Waals surface area contributed by atoms with Crippen LogP contribution in [0.3, 0.4) is 0 Å². The first-order valence-corrected chi connectivity index (χ1v) is 10.1. The minimum Gasteiger partial charge on any atom is -0.357 e. The molecule has 1 fully saturated rings. The molecule has 0 radical (unpaired) electrons. The molecule has 1 saturated heterocycles. The average Bonchev–Trinajstić information content (AvgIpc) is 3.39. The number of aliphatic imine (C=N–C) groups is 1. The molecule has 154 valence electrons. The van der Waals surface area contributed by atoms with E-state index in [9.17, 15) is 0 Å². The molecule has 1 aromatic carbocycles. The lowest BCUT2D eigenvalue weighted by molar-refractivity contribution is 0.223. The Morgan fingerprint density at radius 2 is 2.07 bits per heavy atom. The molecule has 0 spiro atoms. The van der Waals surface area contributed by atoms with Crippen molar-refractivity contribution in [3.63, 3.8) is 0 Å². The van der Waals surface area contributed by atoms with Gasteiger partial charge < -0.3 is 10.2 Å². The van der Waals surface area contributed by atoms with Gasteiger partial charge in [0.1, 0.15) is 0 Å². The fraction of sp³-hybridized carbons (Fsp3) is 0.524. The summed E-state index contributed by atoms with van der Waals surface area (Å²) in [6, 6.07) is 11.0. The number of likely N-dealkylation sites (tertiary alicyclic amines) is 1. The molecule has 3 rings (SSSR count). The Balaban J connectivity index is 0.00000280. The summed E-state index contributed by atoms with van der Waals surface area (Å²) < 4.78 is 1.88. The Kier molecular flexibility index (Phi) is 9.24. The van der Waals surface area contributed by atoms with Crippen LogP contribution in [0.15, 0.2) is 47.7 Å². The van der Waals surface area contributed by atoms with Gasteiger partial charge in [-0.05, 0) is 50.2 Å². The van der Waals surface area contributed by atoms with E-state index >= 15 is 0 Å². The number of likely N-dealkylation sites (N-methyl/N-ethyl adjacent to an activating group) is 1. The summed E-state index contributed by atoms with van der Waals surface area (Å²) >= 11 is 0. The van der Waals surface area contributed by atoms with E-state index in [0.717, 1.165) is 44.4 Å². The predicted octanol–water partition coefficient (Wildman–Crippen LogP) is 3.37. The largest absolute Gasteiger partial charge is 0.357 e. The first-order chi connectivity index (χ1) is 13.2. The van der Waals surface area contributed by atoms with Crippen LogP contribution in [-0.4, -0.2) is 64.3 Å². The zero-order valence-corrected chi connectivity index (χ0v) is 19.5. The Bertz CT molecular complexity index is 726. The van der Waals surface area contributed by atoms with Gasteiger partial charge in [0.25, 0.3) is 0 Å². The predicted molar refractivity (Wildman–Crippen MR) is 127 cm³/mol. The second-order valence-electron chi connectivity index (χ2n) is 6.90. The number of aromatic nitrogens is 2. The third-order valence-electron chi connectivity index (χ3n) is 5.22. The van der Waals surface area contributed by atoms with E-state index in [1.807, 2.05) is 16.9 Å². The van der Waals surface area contributed by atoms with Crippen LogP contribution in [0.5, 0.6) is 0 Å². The third-order valence-corrected chi connectivity index (χ3v) is 5.22. The van der Waals surface area contributed by atoms with E-state index in [1.165, 1.54) is 12.0 Å². The Labute approximate surface area is 186 Å². The van der Waals surface area contributed by atoms with Gasteiger partial charge in [-0.1, -0.05) is 26.0 Å². The van der Waals surface area contributed by atoms with Gasteiger partial charge in [-0.3, -0.25) is 4.90 Å². The topological polar surface area (TPSA) is 48.7 Å². The zero-order chi connectivity index (χ0) is 19.1. The van der Waals surface area contributed by atoms with Gasteiger partial charge in [-0.15, -0.1) is 24.0 Å². The maximum Gasteiger partial charge on any atom is 0.194 e. The smallest absolute Gasteiger partial charge is 0.194 e. The lowest BCUT2D eigenvalue weighted by atomic mass is 10.2. The summed E-state index contributed by atoms with van der Waals surface area (Å²) in [6.45, 7) is 12.5. The molecule has 1 aliphatic rings. The van der Waals surface area contributed by atoms with Gasteiger partial charge in [0, 0.05) is 38.1 Å². The molecule has 1 atom stereocenters. The standard InChI is InChI=1S/C21H32N6.HI/c1-4-22-21(26-14-11-20(17-26)25(5-2)6-3)23-16-18-9-7-10-19(15-18)27-13-8-12-24-27;/h7-10,12-13,15,20H,4-6,11,14,16-17H2,1-3H3,(H,22,23);1H. The molecule has 7 heteroatoms. The first-order valence-electron chi connectivity index (χ1n) is 10.1. The number of nitrogens with one attached hydrogen (secondary N) is 1. The van der Waals surface area contributed by atoms with Crippen molar-refractivity contribution in [3.8, 4) is 5.69 Å². The first kappa shape index (κ1) is 22.7. The van der Waals surface area contributed by atoms with Crippen molar-refractivity contribution in [1.82, 2.24) is 24.9 Å². The quantitative estimate of drug-likeness (QED) is 0.363. The highest BCUT2D eigenvalue weighted by Crippen LogP contribution is 2.16. The summed E-state index contributed by atoms with van der Waals surface area (Å²) in [4.78, 5) is 9.88. The highest BCUT2D eigenvalue weighted by molar-refractivity contribution is 14.0. The highest BCUT2D eigenvalue weighted by atomic mass is 127. The number of guanidine groups is 1. The molecule has 28 heavy (non-hydrogen) atoms. The monoisotopic (exact) mass is 496 g/mol. The molecule has 2 heterocycles. The molecule has 1 aromatic heterocycles. The molecular weight excluding hydrogens is 463 g/mol. The molecule has 1 N–H and O–H groups in total. The molecule has 0 amide bonds. The number of nitrogens with zero attached hydrogens (tertiary/aromatic N) is 5. The minimum atomic E-state index is 0. The van der Waals surface area contributed by atoms with Crippen LogP contribution in [0.25, 0.3) is 5.69 Å². The molecule has 0 aliphatic carbocycles. The van der Waals surface area contributed by atoms with Crippen molar-refractivity contribution in [2.45, 2.75) is 39.8 Å². The van der Waals surface area contributed by atoms with E-state index in [1.54, 1.807) is 6.20 Å². The number of benzene rings is 1. The normalized spacial score (nSPS) is 17.1. The summed E-state index contributed by atoms with van der Waals surface area (Å²) in [5.41, 5.74) is 2.26. The van der Waals surface area contributed by atoms with Crippen molar-refractivity contribution in [3.05, 3.63) is 48.3 Å². The maximum absolute atomic E-state index is 4.92. The van der Waals surface area contributed by atoms with Crippen LogP contribution >= 0.6 is 24.0 Å². The number of rotatable bonds is 7. The van der Waals surface area contributed by atoms with E-state index < -0.39 is 0 Å². The van der Waals surface area contributed by atoms with Crippen LogP contribution in [-0.2, 0) is 6.54 Å². The Morgan fingerprint density at radius 3 is 2.75 bits per heavy atom. The summed E-state index contributed by atoms with van der Waals surface area (Å²) in [5, 5.41) is 7.78. The van der Waals surface area contributed by atoms with E-state index in [-0.39, 0.29) is 24.0 Å². The van der Waals surface area contributed by atoms with Gasteiger partial charge in [0.2, 0.25) is 0 Å². The second kappa shape index (κ2) is 11.4. The van der Waals surface area contributed by atoms with Gasteiger partial charge in [0.15, 0.2) is 5.96 Å². The van der Waals surface area contributed by atoms with Crippen LogP contribution < -0.4 is 5.32 Å². The van der Waals surface area contributed by atoms with Crippen molar-refractivity contribution in [2.75, 3.05) is 32.7 Å². The fourth-order valence-electron chi connectivity index (χ4n) is 3.78. The number of hydrogen-bond donors (Lipinski definition) is 1. The van der Waals surface area contributed by atoms with E-state index in [0.29, 0.717) is 12.6 Å². The van der Waals surface area contributed by atoms with Gasteiger partial charge in [-0.2, -0.15) is 5.10 Å². The average molecular weight is 496 g/mol. The molecule has 1 aliphatic heterocycles. The van der Waals surface area contributed by atoms with Crippen molar-refractivity contribution in [2.24, 2.45) is 4.99 Å². The Morgan fingerprint density at radius 1 is 1.25 bits per heavy atom. The van der Waals surface area contributed by atoms with Crippen molar-refractivity contribution >= 4 is 29.9 Å². The summed E-state index contributed by atoms with van der Waals surface area (Å²) in [6.07, 6.45) is 4.97. The van der Waals surface area contributed by atoms with Crippen molar-refractivity contribution in [1.29, 1.82) is 0 Å². The van der Waals surface area contributed by atoms with Crippen LogP contribution in [0, 0.1) is 0 Å². The number of hydrogen-bond acceptors (Lipinski definition) is 3. The summed E-state index contributed by atoms with van der Waals surface area (Å²) in [5.74, 6) is 1.02. The van der Waals surface area contributed by atoms with Crippen molar-refractivity contribution < 1.29 is 0 Å².